The Morgan fingerprint density at radius 1 is 1.33 bits per heavy atom. The summed E-state index contributed by atoms with van der Waals surface area (Å²) >= 11 is 0. The van der Waals surface area contributed by atoms with E-state index in [1.54, 1.807) is 0 Å². The van der Waals surface area contributed by atoms with Crippen LogP contribution in [0.3, 0.4) is 0 Å². The third-order valence-corrected chi connectivity index (χ3v) is 3.37. The number of aliphatic carboxylic acids is 1. The molecule has 0 aliphatic carbocycles. The Kier molecular flexibility index (Phi) is 7.70. The third-order valence-electron chi connectivity index (χ3n) is 3.37. The number of carboxylic acid groups (broad SMARTS) is 1. The lowest BCUT2D eigenvalue weighted by atomic mass is 10.1. The van der Waals surface area contributed by atoms with Gasteiger partial charge in [0.15, 0.2) is 0 Å². The van der Waals surface area contributed by atoms with Crippen LogP contribution in [-0.4, -0.2) is 54.6 Å². The molecule has 0 aromatic heterocycles. The average molecular weight is 300 g/mol. The molecule has 8 nitrogen and oxygen atoms in total. The van der Waals surface area contributed by atoms with Crippen LogP contribution in [0.2, 0.25) is 0 Å². The van der Waals surface area contributed by atoms with Crippen molar-refractivity contribution in [3.63, 3.8) is 0 Å². The van der Waals surface area contributed by atoms with Gasteiger partial charge in [-0.25, -0.2) is 0 Å². The summed E-state index contributed by atoms with van der Waals surface area (Å²) in [5.41, 5.74) is 5.41. The SMILES string of the molecule is NCCCC[C@H](NC(=O)[C@@H]1CCCN1)C(=O)NCC(=O)O. The molecule has 2 amide bonds. The topological polar surface area (TPSA) is 134 Å². The van der Waals surface area contributed by atoms with E-state index in [2.05, 4.69) is 16.0 Å². The summed E-state index contributed by atoms with van der Waals surface area (Å²) in [7, 11) is 0. The standard InChI is InChI=1S/C13H24N4O4/c14-6-2-1-4-10(12(20)16-8-11(18)19)17-13(21)9-5-3-7-15-9/h9-10,15H,1-8,14H2,(H,16,20)(H,17,21)(H,18,19)/t9-,10-/m0/s1. The first-order valence-electron chi connectivity index (χ1n) is 7.28. The van der Waals surface area contributed by atoms with Crippen LogP contribution in [0, 0.1) is 0 Å². The number of carbonyl (C=O) groups excluding carboxylic acids is 2. The molecule has 2 atom stereocenters. The maximum Gasteiger partial charge on any atom is 0.322 e. The molecule has 0 saturated carbocycles. The van der Waals surface area contributed by atoms with Crippen LogP contribution in [-0.2, 0) is 14.4 Å². The second kappa shape index (κ2) is 9.30. The molecular weight excluding hydrogens is 276 g/mol. The number of hydrogen-bond acceptors (Lipinski definition) is 5. The van der Waals surface area contributed by atoms with E-state index in [4.69, 9.17) is 10.8 Å². The predicted molar refractivity (Wildman–Crippen MR) is 76.5 cm³/mol. The zero-order valence-corrected chi connectivity index (χ0v) is 12.1. The van der Waals surface area contributed by atoms with Crippen LogP contribution in [0.25, 0.3) is 0 Å². The van der Waals surface area contributed by atoms with E-state index in [1.807, 2.05) is 0 Å². The van der Waals surface area contributed by atoms with E-state index in [0.29, 0.717) is 19.4 Å². The lowest BCUT2D eigenvalue weighted by molar-refractivity contribution is -0.138. The number of amides is 2. The number of unbranched alkanes of at least 4 members (excludes halogenated alkanes) is 1. The summed E-state index contributed by atoms with van der Waals surface area (Å²) in [6.07, 6.45) is 3.57. The molecule has 1 saturated heterocycles. The first kappa shape index (κ1) is 17.4. The number of carboxylic acids is 1. The molecular formula is C13H24N4O4. The highest BCUT2D eigenvalue weighted by Crippen LogP contribution is 2.07. The van der Waals surface area contributed by atoms with Crippen molar-refractivity contribution in [2.24, 2.45) is 5.73 Å². The molecule has 1 aliphatic rings. The van der Waals surface area contributed by atoms with Crippen molar-refractivity contribution in [3.05, 3.63) is 0 Å². The molecule has 0 unspecified atom stereocenters. The van der Waals surface area contributed by atoms with Gasteiger partial charge in [0.25, 0.3) is 0 Å². The van der Waals surface area contributed by atoms with Gasteiger partial charge < -0.3 is 26.8 Å². The minimum atomic E-state index is -1.12. The average Bonchev–Trinajstić information content (AvgIpc) is 2.98. The van der Waals surface area contributed by atoms with Gasteiger partial charge in [0.05, 0.1) is 6.04 Å². The Labute approximate surface area is 123 Å². The molecule has 1 aliphatic heterocycles. The first-order chi connectivity index (χ1) is 10.0. The summed E-state index contributed by atoms with van der Waals surface area (Å²) in [4.78, 5) is 34.5. The molecule has 0 spiro atoms. The highest BCUT2D eigenvalue weighted by molar-refractivity contribution is 5.91. The number of nitrogens with one attached hydrogen (secondary N) is 3. The maximum absolute atomic E-state index is 12.0. The molecule has 6 N–H and O–H groups in total. The van der Waals surface area contributed by atoms with Crippen LogP contribution in [0.15, 0.2) is 0 Å². The molecule has 0 bridgehead atoms. The van der Waals surface area contributed by atoms with Gasteiger partial charge in [0.1, 0.15) is 12.6 Å². The summed E-state index contributed by atoms with van der Waals surface area (Å²) < 4.78 is 0. The van der Waals surface area contributed by atoms with Crippen molar-refractivity contribution in [1.29, 1.82) is 0 Å². The molecule has 0 aromatic rings. The lowest BCUT2D eigenvalue weighted by Crippen LogP contribution is -2.52. The fourth-order valence-electron chi connectivity index (χ4n) is 2.23. The van der Waals surface area contributed by atoms with E-state index < -0.39 is 24.5 Å². The first-order valence-corrected chi connectivity index (χ1v) is 7.28. The molecule has 120 valence electrons. The lowest BCUT2D eigenvalue weighted by Gasteiger charge is -2.20. The Morgan fingerprint density at radius 3 is 2.67 bits per heavy atom. The molecule has 8 heteroatoms. The highest BCUT2D eigenvalue weighted by Gasteiger charge is 2.27. The van der Waals surface area contributed by atoms with Crippen molar-refractivity contribution >= 4 is 17.8 Å². The highest BCUT2D eigenvalue weighted by atomic mass is 16.4. The second-order valence-corrected chi connectivity index (χ2v) is 5.11. The fraction of sp³-hybridized carbons (Fsp3) is 0.769. The summed E-state index contributed by atoms with van der Waals surface area (Å²) in [5, 5.41) is 16.6. The van der Waals surface area contributed by atoms with Gasteiger partial charge >= 0.3 is 5.97 Å². The minimum absolute atomic E-state index is 0.212. The monoisotopic (exact) mass is 300 g/mol. The van der Waals surface area contributed by atoms with Gasteiger partial charge in [-0.3, -0.25) is 14.4 Å². The van der Waals surface area contributed by atoms with E-state index in [9.17, 15) is 14.4 Å². The number of hydrogen-bond donors (Lipinski definition) is 5. The Bertz CT molecular complexity index is 369. The van der Waals surface area contributed by atoms with Crippen LogP contribution < -0.4 is 21.7 Å². The van der Waals surface area contributed by atoms with Crippen LogP contribution in [0.1, 0.15) is 32.1 Å². The van der Waals surface area contributed by atoms with Crippen molar-refractivity contribution in [2.45, 2.75) is 44.2 Å². The van der Waals surface area contributed by atoms with E-state index in [-0.39, 0.29) is 11.9 Å². The Hall–Kier alpha value is -1.67. The molecule has 0 aromatic carbocycles. The van der Waals surface area contributed by atoms with Gasteiger partial charge in [-0.2, -0.15) is 0 Å². The normalized spacial score (nSPS) is 19.0. The third kappa shape index (κ3) is 6.54. The smallest absolute Gasteiger partial charge is 0.322 e. The molecule has 1 fully saturated rings. The van der Waals surface area contributed by atoms with Gasteiger partial charge in [0, 0.05) is 0 Å². The van der Waals surface area contributed by atoms with Gasteiger partial charge in [0.2, 0.25) is 11.8 Å². The Balaban J connectivity index is 2.51. The van der Waals surface area contributed by atoms with Gasteiger partial charge in [-0.1, -0.05) is 0 Å². The van der Waals surface area contributed by atoms with Crippen molar-refractivity contribution in [2.75, 3.05) is 19.6 Å². The van der Waals surface area contributed by atoms with Crippen LogP contribution >= 0.6 is 0 Å². The summed E-state index contributed by atoms with van der Waals surface area (Å²) in [6.45, 7) is 0.854. The fourth-order valence-corrected chi connectivity index (χ4v) is 2.23. The van der Waals surface area contributed by atoms with Crippen molar-refractivity contribution in [1.82, 2.24) is 16.0 Å². The number of rotatable bonds is 9. The number of carbonyl (C=O) groups is 3. The van der Waals surface area contributed by atoms with Gasteiger partial charge in [-0.15, -0.1) is 0 Å². The summed E-state index contributed by atoms with van der Waals surface area (Å²) in [5.74, 6) is -1.80. The van der Waals surface area contributed by atoms with E-state index in [1.165, 1.54) is 0 Å². The molecule has 1 rings (SSSR count). The summed E-state index contributed by atoms with van der Waals surface area (Å²) in [6, 6.07) is -0.986. The Morgan fingerprint density at radius 2 is 2.10 bits per heavy atom. The molecule has 0 radical (unpaired) electrons. The zero-order chi connectivity index (χ0) is 15.7. The molecule has 1 heterocycles. The second-order valence-electron chi connectivity index (χ2n) is 5.11. The van der Waals surface area contributed by atoms with Crippen molar-refractivity contribution < 1.29 is 19.5 Å². The largest absolute Gasteiger partial charge is 0.480 e. The quantitative estimate of drug-likeness (QED) is 0.331. The zero-order valence-electron chi connectivity index (χ0n) is 12.1. The maximum atomic E-state index is 12.0. The number of nitrogens with two attached hydrogens (primary N) is 1. The van der Waals surface area contributed by atoms with E-state index in [0.717, 1.165) is 25.8 Å². The minimum Gasteiger partial charge on any atom is -0.480 e. The van der Waals surface area contributed by atoms with E-state index >= 15 is 0 Å². The van der Waals surface area contributed by atoms with Crippen LogP contribution in [0.5, 0.6) is 0 Å². The van der Waals surface area contributed by atoms with Gasteiger partial charge in [-0.05, 0) is 45.2 Å². The van der Waals surface area contributed by atoms with Crippen molar-refractivity contribution in [3.8, 4) is 0 Å². The predicted octanol–water partition coefficient (Wildman–Crippen LogP) is -1.45. The molecule has 21 heavy (non-hydrogen) atoms. The van der Waals surface area contributed by atoms with Crippen LogP contribution in [0.4, 0.5) is 0 Å².